The molecule has 0 unspecified atom stereocenters. The molecule has 1 heterocycles. The summed E-state index contributed by atoms with van der Waals surface area (Å²) in [7, 11) is 1.61. The summed E-state index contributed by atoms with van der Waals surface area (Å²) in [6.45, 7) is 2.01. The fraction of sp³-hybridized carbons (Fsp3) is 0.120. The van der Waals surface area contributed by atoms with E-state index >= 15 is 0 Å². The van der Waals surface area contributed by atoms with E-state index in [0.29, 0.717) is 22.3 Å². The number of rotatable bonds is 7. The van der Waals surface area contributed by atoms with E-state index in [1.807, 2.05) is 66.1 Å². The summed E-state index contributed by atoms with van der Waals surface area (Å²) in [5.41, 5.74) is 8.08. The summed E-state index contributed by atoms with van der Waals surface area (Å²) >= 11 is 1.22. The summed E-state index contributed by atoms with van der Waals surface area (Å²) in [5, 5.41) is 9.27. The molecule has 0 aliphatic rings. The lowest BCUT2D eigenvalue weighted by atomic mass is 10.1. The summed E-state index contributed by atoms with van der Waals surface area (Å²) in [6.07, 6.45) is 0. The fourth-order valence-corrected chi connectivity index (χ4v) is 4.00. The zero-order valence-corrected chi connectivity index (χ0v) is 19.5. The average molecular weight is 474 g/mol. The Morgan fingerprint density at radius 1 is 0.912 bits per heavy atom. The molecule has 3 aromatic carbocycles. The molecule has 0 radical (unpaired) electrons. The van der Waals surface area contributed by atoms with E-state index in [-0.39, 0.29) is 17.6 Å². The van der Waals surface area contributed by atoms with Crippen molar-refractivity contribution in [2.45, 2.75) is 12.1 Å². The van der Waals surface area contributed by atoms with Gasteiger partial charge in [0, 0.05) is 11.3 Å². The standard InChI is InChI=1S/C25H23N5O3S/c1-17-12-14-19(15-13-17)30-23(20-10-6-7-11-21(20)33-2)27-29-25(30)34-16-22(31)26-28-24(32)18-8-4-3-5-9-18/h3-15H,16H2,1-2H3,(H,26,31)(H,28,32). The number of hydrogen-bond acceptors (Lipinski definition) is 6. The van der Waals surface area contributed by atoms with Gasteiger partial charge in [-0.3, -0.25) is 25.0 Å². The van der Waals surface area contributed by atoms with Gasteiger partial charge in [-0.15, -0.1) is 10.2 Å². The molecule has 0 saturated heterocycles. The first-order valence-electron chi connectivity index (χ1n) is 10.5. The largest absolute Gasteiger partial charge is 0.496 e. The second-order valence-electron chi connectivity index (χ2n) is 7.33. The lowest BCUT2D eigenvalue weighted by Gasteiger charge is -2.13. The number of ether oxygens (including phenoxy) is 1. The first-order valence-corrected chi connectivity index (χ1v) is 11.5. The van der Waals surface area contributed by atoms with Crippen molar-refractivity contribution in [1.29, 1.82) is 0 Å². The summed E-state index contributed by atoms with van der Waals surface area (Å²) < 4.78 is 7.40. The van der Waals surface area contributed by atoms with Crippen LogP contribution in [0.1, 0.15) is 15.9 Å². The minimum atomic E-state index is -0.389. The SMILES string of the molecule is COc1ccccc1-c1nnc(SCC(=O)NNC(=O)c2ccccc2)n1-c1ccc(C)cc1. The van der Waals surface area contributed by atoms with Crippen molar-refractivity contribution in [3.05, 3.63) is 90.0 Å². The van der Waals surface area contributed by atoms with Crippen molar-refractivity contribution >= 4 is 23.6 Å². The van der Waals surface area contributed by atoms with Gasteiger partial charge in [-0.1, -0.05) is 59.8 Å². The molecule has 172 valence electrons. The number of amides is 2. The average Bonchev–Trinajstić information content (AvgIpc) is 3.30. The van der Waals surface area contributed by atoms with E-state index in [4.69, 9.17) is 4.74 Å². The van der Waals surface area contributed by atoms with Crippen LogP contribution in [0.4, 0.5) is 0 Å². The number of methoxy groups -OCH3 is 1. The maximum atomic E-state index is 12.4. The van der Waals surface area contributed by atoms with E-state index in [2.05, 4.69) is 21.0 Å². The van der Waals surface area contributed by atoms with Crippen LogP contribution in [0, 0.1) is 6.92 Å². The monoisotopic (exact) mass is 473 g/mol. The Hall–Kier alpha value is -4.11. The molecule has 0 aliphatic heterocycles. The topological polar surface area (TPSA) is 98.1 Å². The van der Waals surface area contributed by atoms with Crippen LogP contribution >= 0.6 is 11.8 Å². The number of carbonyl (C=O) groups is 2. The zero-order valence-electron chi connectivity index (χ0n) is 18.7. The number of benzene rings is 3. The van der Waals surface area contributed by atoms with Crippen molar-refractivity contribution in [3.8, 4) is 22.8 Å². The van der Waals surface area contributed by atoms with Crippen molar-refractivity contribution in [1.82, 2.24) is 25.6 Å². The molecule has 2 N–H and O–H groups in total. The highest BCUT2D eigenvalue weighted by Gasteiger charge is 2.20. The molecule has 8 nitrogen and oxygen atoms in total. The number of nitrogens with zero attached hydrogens (tertiary/aromatic N) is 3. The van der Waals surface area contributed by atoms with Crippen LogP contribution in [0.25, 0.3) is 17.1 Å². The Morgan fingerprint density at radius 3 is 2.35 bits per heavy atom. The molecular weight excluding hydrogens is 450 g/mol. The van der Waals surface area contributed by atoms with Gasteiger partial charge in [-0.25, -0.2) is 0 Å². The number of hydrogen-bond donors (Lipinski definition) is 2. The van der Waals surface area contributed by atoms with Gasteiger partial charge in [-0.05, 0) is 43.3 Å². The molecule has 0 bridgehead atoms. The minimum Gasteiger partial charge on any atom is -0.496 e. The maximum Gasteiger partial charge on any atom is 0.269 e. The molecule has 34 heavy (non-hydrogen) atoms. The fourth-order valence-electron chi connectivity index (χ4n) is 3.25. The quantitative estimate of drug-likeness (QED) is 0.313. The summed E-state index contributed by atoms with van der Waals surface area (Å²) in [6, 6.07) is 24.2. The molecule has 0 saturated carbocycles. The van der Waals surface area contributed by atoms with Gasteiger partial charge in [0.2, 0.25) is 5.91 Å². The van der Waals surface area contributed by atoms with Gasteiger partial charge >= 0.3 is 0 Å². The Morgan fingerprint density at radius 2 is 1.62 bits per heavy atom. The molecule has 4 aromatic rings. The molecule has 0 aliphatic carbocycles. The first kappa shape index (κ1) is 23.1. The predicted molar refractivity (Wildman–Crippen MR) is 131 cm³/mol. The van der Waals surface area contributed by atoms with E-state index in [9.17, 15) is 9.59 Å². The minimum absolute atomic E-state index is 0.0327. The second kappa shape index (κ2) is 10.7. The summed E-state index contributed by atoms with van der Waals surface area (Å²) in [4.78, 5) is 24.5. The Balaban J connectivity index is 1.53. The Kier molecular flexibility index (Phi) is 7.24. The number of aryl methyl sites for hydroxylation is 1. The van der Waals surface area contributed by atoms with Crippen LogP contribution in [0.5, 0.6) is 5.75 Å². The molecule has 0 atom stereocenters. The molecule has 0 spiro atoms. The number of hydrazine groups is 1. The van der Waals surface area contributed by atoms with Crippen LogP contribution < -0.4 is 15.6 Å². The van der Waals surface area contributed by atoms with Gasteiger partial charge in [0.05, 0.1) is 18.4 Å². The van der Waals surface area contributed by atoms with Crippen LogP contribution in [0.2, 0.25) is 0 Å². The zero-order chi connectivity index (χ0) is 23.9. The highest BCUT2D eigenvalue weighted by atomic mass is 32.2. The highest BCUT2D eigenvalue weighted by Crippen LogP contribution is 2.33. The highest BCUT2D eigenvalue weighted by molar-refractivity contribution is 7.99. The van der Waals surface area contributed by atoms with Crippen molar-refractivity contribution < 1.29 is 14.3 Å². The molecule has 4 rings (SSSR count). The van der Waals surface area contributed by atoms with Gasteiger partial charge in [0.15, 0.2) is 11.0 Å². The van der Waals surface area contributed by atoms with Crippen molar-refractivity contribution in [2.75, 3.05) is 12.9 Å². The number of aromatic nitrogens is 3. The summed E-state index contributed by atoms with van der Waals surface area (Å²) in [5.74, 6) is 0.542. The Labute approximate surface area is 201 Å². The normalized spacial score (nSPS) is 10.5. The van der Waals surface area contributed by atoms with Crippen LogP contribution in [0.15, 0.2) is 84.0 Å². The van der Waals surface area contributed by atoms with Gasteiger partial charge < -0.3 is 4.74 Å². The van der Waals surface area contributed by atoms with Crippen LogP contribution in [-0.4, -0.2) is 39.4 Å². The smallest absolute Gasteiger partial charge is 0.269 e. The number of para-hydroxylation sites is 1. The second-order valence-corrected chi connectivity index (χ2v) is 8.28. The Bertz CT molecular complexity index is 1290. The van der Waals surface area contributed by atoms with E-state index in [0.717, 1.165) is 16.8 Å². The van der Waals surface area contributed by atoms with Gasteiger partial charge in [0.25, 0.3) is 5.91 Å². The van der Waals surface area contributed by atoms with Gasteiger partial charge in [-0.2, -0.15) is 0 Å². The third-order valence-electron chi connectivity index (χ3n) is 4.96. The number of nitrogens with one attached hydrogen (secondary N) is 2. The van der Waals surface area contributed by atoms with E-state index < -0.39 is 0 Å². The maximum absolute atomic E-state index is 12.4. The lowest BCUT2D eigenvalue weighted by Crippen LogP contribution is -2.42. The lowest BCUT2D eigenvalue weighted by molar-refractivity contribution is -0.119. The predicted octanol–water partition coefficient (Wildman–Crippen LogP) is 3.80. The first-order chi connectivity index (χ1) is 16.6. The van der Waals surface area contributed by atoms with Crippen molar-refractivity contribution in [2.24, 2.45) is 0 Å². The third kappa shape index (κ3) is 5.26. The molecular formula is C25H23N5O3S. The molecule has 2 amide bonds. The van der Waals surface area contributed by atoms with Crippen LogP contribution in [0.3, 0.4) is 0 Å². The van der Waals surface area contributed by atoms with E-state index in [1.165, 1.54) is 11.8 Å². The number of thioether (sulfide) groups is 1. The molecule has 9 heteroatoms. The molecule has 0 fully saturated rings. The van der Waals surface area contributed by atoms with Crippen LogP contribution in [-0.2, 0) is 4.79 Å². The van der Waals surface area contributed by atoms with E-state index in [1.54, 1.807) is 31.4 Å². The molecule has 1 aromatic heterocycles. The van der Waals surface area contributed by atoms with Gasteiger partial charge in [0.1, 0.15) is 5.75 Å². The van der Waals surface area contributed by atoms with Crippen molar-refractivity contribution in [3.63, 3.8) is 0 Å². The third-order valence-corrected chi connectivity index (χ3v) is 5.89. The number of carbonyl (C=O) groups excluding carboxylic acids is 2.